The molecule has 2 rings (SSSR count). The summed E-state index contributed by atoms with van der Waals surface area (Å²) in [6, 6.07) is 5.05. The first-order chi connectivity index (χ1) is 10.4. The summed E-state index contributed by atoms with van der Waals surface area (Å²) in [6.07, 6.45) is 1.77. The number of carboxylic acid groups (broad SMARTS) is 1. The van der Waals surface area contributed by atoms with Gasteiger partial charge in [0, 0.05) is 16.6 Å². The fraction of sp³-hybridized carbons (Fsp3) is 0.154. The molecule has 22 heavy (non-hydrogen) atoms. The maximum atomic E-state index is 11.3. The number of halogens is 3. The fourth-order valence-corrected chi connectivity index (χ4v) is 2.81. The number of hydrogen-bond acceptors (Lipinski definition) is 5. The van der Waals surface area contributed by atoms with Crippen LogP contribution < -0.4 is 5.32 Å². The SMILES string of the molecule is CSc1nc(Cl)c(C(=O)O)c(NCc2ccc(Cl)cc2Cl)n1. The van der Waals surface area contributed by atoms with Gasteiger partial charge in [0.25, 0.3) is 0 Å². The molecular formula is C13H10Cl3N3O2S. The number of benzene rings is 1. The van der Waals surface area contributed by atoms with Crippen molar-refractivity contribution in [3.05, 3.63) is 44.5 Å². The van der Waals surface area contributed by atoms with Gasteiger partial charge in [0.15, 0.2) is 5.16 Å². The number of nitrogens with one attached hydrogen (secondary N) is 1. The van der Waals surface area contributed by atoms with Crippen molar-refractivity contribution in [2.75, 3.05) is 11.6 Å². The van der Waals surface area contributed by atoms with Crippen LogP contribution in [-0.4, -0.2) is 27.3 Å². The molecule has 0 atom stereocenters. The number of thioether (sulfide) groups is 1. The normalized spacial score (nSPS) is 10.5. The van der Waals surface area contributed by atoms with E-state index in [1.807, 2.05) is 0 Å². The molecule has 2 aromatic rings. The van der Waals surface area contributed by atoms with Gasteiger partial charge in [0.05, 0.1) is 0 Å². The van der Waals surface area contributed by atoms with E-state index in [2.05, 4.69) is 15.3 Å². The van der Waals surface area contributed by atoms with Gasteiger partial charge < -0.3 is 10.4 Å². The van der Waals surface area contributed by atoms with E-state index in [9.17, 15) is 9.90 Å². The summed E-state index contributed by atoms with van der Waals surface area (Å²) >= 11 is 19.1. The van der Waals surface area contributed by atoms with Crippen molar-refractivity contribution in [3.63, 3.8) is 0 Å². The highest BCUT2D eigenvalue weighted by molar-refractivity contribution is 7.98. The predicted octanol–water partition coefficient (Wildman–Crippen LogP) is 4.47. The van der Waals surface area contributed by atoms with Crippen LogP contribution in [0.25, 0.3) is 0 Å². The van der Waals surface area contributed by atoms with Crippen LogP contribution in [-0.2, 0) is 6.54 Å². The molecule has 0 aliphatic rings. The number of aromatic nitrogens is 2. The van der Waals surface area contributed by atoms with Crippen molar-refractivity contribution in [1.82, 2.24) is 9.97 Å². The van der Waals surface area contributed by atoms with Gasteiger partial charge >= 0.3 is 5.97 Å². The highest BCUT2D eigenvalue weighted by atomic mass is 35.5. The monoisotopic (exact) mass is 377 g/mol. The summed E-state index contributed by atoms with van der Waals surface area (Å²) in [5, 5.41) is 13.4. The summed E-state index contributed by atoms with van der Waals surface area (Å²) in [4.78, 5) is 19.4. The van der Waals surface area contributed by atoms with E-state index >= 15 is 0 Å². The Bertz CT molecular complexity index is 728. The summed E-state index contributed by atoms with van der Waals surface area (Å²) < 4.78 is 0. The van der Waals surface area contributed by atoms with E-state index in [0.29, 0.717) is 15.2 Å². The van der Waals surface area contributed by atoms with Crippen molar-refractivity contribution < 1.29 is 9.90 Å². The number of aromatic carboxylic acids is 1. The molecule has 0 saturated carbocycles. The molecule has 1 aromatic carbocycles. The maximum absolute atomic E-state index is 11.3. The highest BCUT2D eigenvalue weighted by Crippen LogP contribution is 2.26. The molecule has 0 fully saturated rings. The first-order valence-corrected chi connectivity index (χ1v) is 8.31. The highest BCUT2D eigenvalue weighted by Gasteiger charge is 2.19. The van der Waals surface area contributed by atoms with E-state index in [1.165, 1.54) is 11.8 Å². The summed E-state index contributed by atoms with van der Waals surface area (Å²) in [7, 11) is 0. The minimum absolute atomic E-state index is 0.114. The molecule has 0 amide bonds. The Hall–Kier alpha value is -1.21. The number of hydrogen-bond donors (Lipinski definition) is 2. The molecule has 2 N–H and O–H groups in total. The average Bonchev–Trinajstić information content (AvgIpc) is 2.45. The lowest BCUT2D eigenvalue weighted by Crippen LogP contribution is -2.11. The summed E-state index contributed by atoms with van der Waals surface area (Å²) in [5.74, 6) is -1.06. The molecule has 0 unspecified atom stereocenters. The summed E-state index contributed by atoms with van der Waals surface area (Å²) in [5.41, 5.74) is 0.576. The van der Waals surface area contributed by atoms with Gasteiger partial charge in [-0.15, -0.1) is 0 Å². The Morgan fingerprint density at radius 2 is 2.05 bits per heavy atom. The van der Waals surface area contributed by atoms with E-state index in [4.69, 9.17) is 34.8 Å². The number of rotatable bonds is 5. The van der Waals surface area contributed by atoms with Crippen molar-refractivity contribution in [1.29, 1.82) is 0 Å². The second kappa shape index (κ2) is 7.37. The standard InChI is InChI=1S/C13H10Cl3N3O2S/c1-22-13-18-10(16)9(12(20)21)11(19-13)17-5-6-2-3-7(14)4-8(6)15/h2-4H,5H2,1H3,(H,20,21)(H,17,18,19). The molecule has 9 heteroatoms. The first-order valence-electron chi connectivity index (χ1n) is 5.95. The van der Waals surface area contributed by atoms with Crippen molar-refractivity contribution in [2.24, 2.45) is 0 Å². The number of anilines is 1. The Labute approximate surface area is 146 Å². The Morgan fingerprint density at radius 1 is 1.32 bits per heavy atom. The topological polar surface area (TPSA) is 75.1 Å². The van der Waals surface area contributed by atoms with Crippen LogP contribution in [0.2, 0.25) is 15.2 Å². The van der Waals surface area contributed by atoms with Crippen molar-refractivity contribution in [2.45, 2.75) is 11.7 Å². The van der Waals surface area contributed by atoms with Crippen LogP contribution >= 0.6 is 46.6 Å². The zero-order valence-electron chi connectivity index (χ0n) is 11.2. The Balaban J connectivity index is 2.32. The maximum Gasteiger partial charge on any atom is 0.342 e. The Kier molecular flexibility index (Phi) is 5.74. The van der Waals surface area contributed by atoms with Gasteiger partial charge in [-0.1, -0.05) is 52.6 Å². The van der Waals surface area contributed by atoms with Gasteiger partial charge in [-0.3, -0.25) is 0 Å². The van der Waals surface area contributed by atoms with Gasteiger partial charge in [-0.25, -0.2) is 14.8 Å². The van der Waals surface area contributed by atoms with E-state index in [-0.39, 0.29) is 23.1 Å². The smallest absolute Gasteiger partial charge is 0.342 e. The number of nitrogens with zero attached hydrogens (tertiary/aromatic N) is 2. The van der Waals surface area contributed by atoms with Crippen LogP contribution in [0.15, 0.2) is 23.4 Å². The molecule has 0 bridgehead atoms. The zero-order valence-corrected chi connectivity index (χ0v) is 14.3. The van der Waals surface area contributed by atoms with Gasteiger partial charge in [-0.2, -0.15) is 0 Å². The van der Waals surface area contributed by atoms with Crippen LogP contribution in [0.5, 0.6) is 0 Å². The molecule has 0 radical (unpaired) electrons. The molecule has 1 heterocycles. The molecule has 5 nitrogen and oxygen atoms in total. The van der Waals surface area contributed by atoms with Crippen LogP contribution in [0.3, 0.4) is 0 Å². The molecule has 0 aliphatic carbocycles. The largest absolute Gasteiger partial charge is 0.477 e. The third-order valence-electron chi connectivity index (χ3n) is 2.70. The molecule has 116 valence electrons. The van der Waals surface area contributed by atoms with Crippen LogP contribution in [0, 0.1) is 0 Å². The predicted molar refractivity (Wildman–Crippen MR) is 89.6 cm³/mol. The van der Waals surface area contributed by atoms with E-state index in [0.717, 1.165) is 5.56 Å². The molecule has 0 spiro atoms. The third kappa shape index (κ3) is 3.95. The van der Waals surface area contributed by atoms with Gasteiger partial charge in [0.1, 0.15) is 16.5 Å². The minimum atomic E-state index is -1.21. The third-order valence-corrected chi connectivity index (χ3v) is 4.11. The number of carboxylic acids is 1. The van der Waals surface area contributed by atoms with Crippen molar-refractivity contribution in [3.8, 4) is 0 Å². The lowest BCUT2D eigenvalue weighted by molar-refractivity contribution is 0.0697. The molecule has 1 aromatic heterocycles. The quantitative estimate of drug-likeness (QED) is 0.454. The van der Waals surface area contributed by atoms with E-state index < -0.39 is 5.97 Å². The lowest BCUT2D eigenvalue weighted by Gasteiger charge is -2.11. The number of carbonyl (C=O) groups is 1. The van der Waals surface area contributed by atoms with Gasteiger partial charge in [-0.05, 0) is 24.0 Å². The minimum Gasteiger partial charge on any atom is -0.477 e. The second-order valence-corrected chi connectivity index (χ2v) is 6.09. The molecule has 0 aliphatic heterocycles. The average molecular weight is 379 g/mol. The second-order valence-electron chi connectivity index (χ2n) is 4.12. The zero-order chi connectivity index (χ0) is 16.3. The fourth-order valence-electron chi connectivity index (χ4n) is 1.67. The van der Waals surface area contributed by atoms with Crippen molar-refractivity contribution >= 4 is 58.4 Å². The first kappa shape index (κ1) is 17.1. The van der Waals surface area contributed by atoms with E-state index in [1.54, 1.807) is 24.5 Å². The summed E-state index contributed by atoms with van der Waals surface area (Å²) in [6.45, 7) is 0.275. The van der Waals surface area contributed by atoms with Gasteiger partial charge in [0.2, 0.25) is 0 Å². The molecular weight excluding hydrogens is 369 g/mol. The van der Waals surface area contributed by atoms with Crippen LogP contribution in [0.1, 0.15) is 15.9 Å². The van der Waals surface area contributed by atoms with Crippen LogP contribution in [0.4, 0.5) is 5.82 Å². The lowest BCUT2D eigenvalue weighted by atomic mass is 10.2. The Morgan fingerprint density at radius 3 is 2.64 bits per heavy atom. The molecule has 0 saturated heterocycles.